The monoisotopic (exact) mass is 158 g/mol. The number of aliphatic hydroxyl groups is 1. The number of hydrogen-bond acceptors (Lipinski definition) is 3. The highest BCUT2D eigenvalue weighted by molar-refractivity contribution is 4.74. The molecule has 3 nitrogen and oxygen atoms in total. The van der Waals surface area contributed by atoms with Gasteiger partial charge in [-0.2, -0.15) is 0 Å². The first kappa shape index (κ1) is 8.97. The fourth-order valence-corrected chi connectivity index (χ4v) is 1.51. The Balaban J connectivity index is 2.12. The third-order valence-electron chi connectivity index (χ3n) is 2.09. The highest BCUT2D eigenvalue weighted by atomic mass is 16.3. The third-order valence-corrected chi connectivity index (χ3v) is 2.09. The summed E-state index contributed by atoms with van der Waals surface area (Å²) in [5, 5.41) is 12.0. The summed E-state index contributed by atoms with van der Waals surface area (Å²) in [6.07, 6.45) is 0.909. The molecule has 0 aromatic heterocycles. The predicted octanol–water partition coefficient (Wildman–Crippen LogP) is -0.337. The first-order valence-corrected chi connectivity index (χ1v) is 4.39. The van der Waals surface area contributed by atoms with Gasteiger partial charge in [0, 0.05) is 38.8 Å². The third kappa shape index (κ3) is 3.18. The van der Waals surface area contributed by atoms with Gasteiger partial charge in [0.1, 0.15) is 0 Å². The first-order chi connectivity index (χ1) is 5.33. The maximum Gasteiger partial charge on any atom is 0.0443 e. The molecule has 2 N–H and O–H groups in total. The molecule has 66 valence electrons. The minimum atomic E-state index is 0.318. The van der Waals surface area contributed by atoms with Crippen LogP contribution < -0.4 is 5.32 Å². The summed E-state index contributed by atoms with van der Waals surface area (Å²) < 4.78 is 0. The number of nitrogens with one attached hydrogen (secondary N) is 1. The second-order valence-electron chi connectivity index (χ2n) is 3.23. The van der Waals surface area contributed by atoms with Gasteiger partial charge in [0.15, 0.2) is 0 Å². The molecule has 1 aliphatic rings. The van der Waals surface area contributed by atoms with Crippen LogP contribution in [0.3, 0.4) is 0 Å². The Morgan fingerprint density at radius 3 is 3.09 bits per heavy atom. The number of piperazine rings is 1. The normalized spacial score (nSPS) is 27.3. The quantitative estimate of drug-likeness (QED) is 0.590. The summed E-state index contributed by atoms with van der Waals surface area (Å²) in [5.41, 5.74) is 0. The van der Waals surface area contributed by atoms with Gasteiger partial charge >= 0.3 is 0 Å². The van der Waals surface area contributed by atoms with Crippen LogP contribution in [0.5, 0.6) is 0 Å². The van der Waals surface area contributed by atoms with Crippen molar-refractivity contribution in [3.63, 3.8) is 0 Å². The lowest BCUT2D eigenvalue weighted by atomic mass is 10.2. The van der Waals surface area contributed by atoms with Crippen LogP contribution in [-0.4, -0.2) is 48.8 Å². The van der Waals surface area contributed by atoms with Crippen LogP contribution in [-0.2, 0) is 0 Å². The molecule has 0 aromatic carbocycles. The van der Waals surface area contributed by atoms with Gasteiger partial charge in [0.2, 0.25) is 0 Å². The smallest absolute Gasteiger partial charge is 0.0443 e. The lowest BCUT2D eigenvalue weighted by molar-refractivity contribution is 0.184. The zero-order chi connectivity index (χ0) is 8.10. The fraction of sp³-hybridized carbons (Fsp3) is 1.00. The standard InChI is InChI=1S/C8H18N2O/c1-8-7-10(4-2-6-11)5-3-9-8/h8-9,11H,2-7H2,1H3/t8-/m1/s1. The maximum absolute atomic E-state index is 8.62. The Bertz CT molecular complexity index is 108. The summed E-state index contributed by atoms with van der Waals surface area (Å²) >= 11 is 0. The van der Waals surface area contributed by atoms with E-state index in [2.05, 4.69) is 17.1 Å². The summed E-state index contributed by atoms with van der Waals surface area (Å²) in [6, 6.07) is 0.613. The Kier molecular flexibility index (Phi) is 3.83. The average molecular weight is 158 g/mol. The number of rotatable bonds is 3. The summed E-state index contributed by atoms with van der Waals surface area (Å²) in [4.78, 5) is 2.40. The van der Waals surface area contributed by atoms with Crippen molar-refractivity contribution in [3.8, 4) is 0 Å². The molecule has 1 saturated heterocycles. The van der Waals surface area contributed by atoms with Crippen molar-refractivity contribution in [2.45, 2.75) is 19.4 Å². The molecule has 0 aromatic rings. The molecule has 0 unspecified atom stereocenters. The molecule has 1 fully saturated rings. The molecular formula is C8H18N2O. The SMILES string of the molecule is C[C@@H]1CN(CCCO)CCN1. The Morgan fingerprint density at radius 1 is 1.64 bits per heavy atom. The molecule has 3 heteroatoms. The van der Waals surface area contributed by atoms with Crippen molar-refractivity contribution in [2.24, 2.45) is 0 Å². The van der Waals surface area contributed by atoms with Crippen molar-refractivity contribution < 1.29 is 5.11 Å². The molecule has 1 rings (SSSR count). The van der Waals surface area contributed by atoms with Gasteiger partial charge in [0.05, 0.1) is 0 Å². The molecule has 0 spiro atoms. The van der Waals surface area contributed by atoms with E-state index in [4.69, 9.17) is 5.11 Å². The molecule has 0 bridgehead atoms. The van der Waals surface area contributed by atoms with E-state index in [0.717, 1.165) is 32.6 Å². The molecule has 1 aliphatic heterocycles. The van der Waals surface area contributed by atoms with Crippen LogP contribution in [0.4, 0.5) is 0 Å². The minimum Gasteiger partial charge on any atom is -0.396 e. The molecule has 1 heterocycles. The number of hydrogen-bond donors (Lipinski definition) is 2. The molecule has 1 atom stereocenters. The second-order valence-corrected chi connectivity index (χ2v) is 3.23. The molecule has 0 aliphatic carbocycles. The van der Waals surface area contributed by atoms with E-state index < -0.39 is 0 Å². The summed E-state index contributed by atoms with van der Waals surface area (Å²) in [5.74, 6) is 0. The van der Waals surface area contributed by atoms with E-state index in [1.807, 2.05) is 0 Å². The van der Waals surface area contributed by atoms with Crippen LogP contribution in [0.2, 0.25) is 0 Å². The molecule has 0 radical (unpaired) electrons. The van der Waals surface area contributed by atoms with Crippen molar-refractivity contribution in [2.75, 3.05) is 32.8 Å². The lowest BCUT2D eigenvalue weighted by Crippen LogP contribution is -2.49. The Labute approximate surface area is 68.4 Å². The highest BCUT2D eigenvalue weighted by Gasteiger charge is 2.13. The van der Waals surface area contributed by atoms with E-state index in [-0.39, 0.29) is 0 Å². The van der Waals surface area contributed by atoms with Crippen molar-refractivity contribution in [3.05, 3.63) is 0 Å². The first-order valence-electron chi connectivity index (χ1n) is 4.39. The zero-order valence-electron chi connectivity index (χ0n) is 7.21. The van der Waals surface area contributed by atoms with E-state index in [1.54, 1.807) is 0 Å². The average Bonchev–Trinajstić information content (AvgIpc) is 2.01. The number of nitrogens with zero attached hydrogens (tertiary/aromatic N) is 1. The Hall–Kier alpha value is -0.120. The van der Waals surface area contributed by atoms with Crippen molar-refractivity contribution in [1.82, 2.24) is 10.2 Å². The highest BCUT2D eigenvalue weighted by Crippen LogP contribution is 1.98. The van der Waals surface area contributed by atoms with E-state index in [1.165, 1.54) is 0 Å². The van der Waals surface area contributed by atoms with Gasteiger partial charge in [-0.15, -0.1) is 0 Å². The lowest BCUT2D eigenvalue weighted by Gasteiger charge is -2.31. The predicted molar refractivity (Wildman–Crippen MR) is 45.6 cm³/mol. The maximum atomic E-state index is 8.62. The number of aliphatic hydroxyl groups excluding tert-OH is 1. The summed E-state index contributed by atoms with van der Waals surface area (Å²) in [7, 11) is 0. The van der Waals surface area contributed by atoms with Crippen LogP contribution >= 0.6 is 0 Å². The fourth-order valence-electron chi connectivity index (χ4n) is 1.51. The van der Waals surface area contributed by atoms with E-state index >= 15 is 0 Å². The van der Waals surface area contributed by atoms with E-state index in [0.29, 0.717) is 12.6 Å². The Morgan fingerprint density at radius 2 is 2.45 bits per heavy atom. The largest absolute Gasteiger partial charge is 0.396 e. The van der Waals surface area contributed by atoms with Gasteiger partial charge in [-0.1, -0.05) is 0 Å². The molecule has 11 heavy (non-hydrogen) atoms. The molecule has 0 amide bonds. The van der Waals surface area contributed by atoms with Crippen LogP contribution in [0.15, 0.2) is 0 Å². The van der Waals surface area contributed by atoms with Crippen molar-refractivity contribution >= 4 is 0 Å². The van der Waals surface area contributed by atoms with Crippen LogP contribution in [0.25, 0.3) is 0 Å². The zero-order valence-corrected chi connectivity index (χ0v) is 7.21. The van der Waals surface area contributed by atoms with Crippen LogP contribution in [0.1, 0.15) is 13.3 Å². The van der Waals surface area contributed by atoms with Crippen LogP contribution in [0, 0.1) is 0 Å². The van der Waals surface area contributed by atoms with Gasteiger partial charge in [-0.25, -0.2) is 0 Å². The molecule has 0 saturated carbocycles. The molecular weight excluding hydrogens is 140 g/mol. The topological polar surface area (TPSA) is 35.5 Å². The van der Waals surface area contributed by atoms with Crippen molar-refractivity contribution in [1.29, 1.82) is 0 Å². The van der Waals surface area contributed by atoms with Gasteiger partial charge < -0.3 is 15.3 Å². The summed E-state index contributed by atoms with van der Waals surface area (Å²) in [6.45, 7) is 6.91. The van der Waals surface area contributed by atoms with E-state index in [9.17, 15) is 0 Å². The minimum absolute atomic E-state index is 0.318. The second kappa shape index (κ2) is 4.70. The van der Waals surface area contributed by atoms with Gasteiger partial charge in [0.25, 0.3) is 0 Å². The van der Waals surface area contributed by atoms with Gasteiger partial charge in [-0.3, -0.25) is 0 Å². The van der Waals surface area contributed by atoms with Gasteiger partial charge in [-0.05, 0) is 13.3 Å².